The molecule has 2 aliphatic heterocycles. The second-order valence-electron chi connectivity index (χ2n) is 7.63. The molecule has 162 valence electrons. The SMILES string of the molecule is CCNC(=NCC(OC)c1ccc(F)cc1)N1CCC(OCC2CCCO2)CC1. The van der Waals surface area contributed by atoms with Crippen LogP contribution in [0.2, 0.25) is 0 Å². The van der Waals surface area contributed by atoms with Crippen LogP contribution >= 0.6 is 0 Å². The summed E-state index contributed by atoms with van der Waals surface area (Å²) < 4.78 is 30.5. The molecule has 3 rings (SSSR count). The molecule has 0 bridgehead atoms. The maximum Gasteiger partial charge on any atom is 0.194 e. The number of nitrogens with zero attached hydrogens (tertiary/aromatic N) is 2. The van der Waals surface area contributed by atoms with E-state index in [1.807, 2.05) is 0 Å². The molecule has 1 aromatic rings. The highest BCUT2D eigenvalue weighted by Crippen LogP contribution is 2.20. The van der Waals surface area contributed by atoms with E-state index in [1.165, 1.54) is 12.1 Å². The molecule has 1 N–H and O–H groups in total. The molecule has 6 nitrogen and oxygen atoms in total. The summed E-state index contributed by atoms with van der Waals surface area (Å²) in [5, 5.41) is 3.38. The van der Waals surface area contributed by atoms with Crippen molar-refractivity contribution in [2.24, 2.45) is 4.99 Å². The Balaban J connectivity index is 1.51. The van der Waals surface area contributed by atoms with Crippen molar-refractivity contribution in [1.29, 1.82) is 0 Å². The third kappa shape index (κ3) is 6.66. The number of benzene rings is 1. The van der Waals surface area contributed by atoms with Crippen molar-refractivity contribution >= 4 is 5.96 Å². The van der Waals surface area contributed by atoms with Crippen molar-refractivity contribution in [1.82, 2.24) is 10.2 Å². The number of halogens is 1. The molecule has 2 heterocycles. The maximum absolute atomic E-state index is 13.2. The van der Waals surface area contributed by atoms with Crippen molar-refractivity contribution in [2.45, 2.75) is 50.9 Å². The van der Waals surface area contributed by atoms with Crippen LogP contribution in [0.5, 0.6) is 0 Å². The molecule has 2 atom stereocenters. The fourth-order valence-corrected chi connectivity index (χ4v) is 3.84. The van der Waals surface area contributed by atoms with Crippen molar-refractivity contribution in [2.75, 3.05) is 46.5 Å². The van der Waals surface area contributed by atoms with Crippen LogP contribution in [0.4, 0.5) is 4.39 Å². The summed E-state index contributed by atoms with van der Waals surface area (Å²) in [6.07, 6.45) is 4.62. The number of ether oxygens (including phenoxy) is 3. The quantitative estimate of drug-likeness (QED) is 0.530. The lowest BCUT2D eigenvalue weighted by Crippen LogP contribution is -2.47. The lowest BCUT2D eigenvalue weighted by atomic mass is 10.1. The average Bonchev–Trinajstić information content (AvgIpc) is 3.27. The predicted octanol–water partition coefficient (Wildman–Crippen LogP) is 3.14. The minimum absolute atomic E-state index is 0.198. The highest BCUT2D eigenvalue weighted by atomic mass is 19.1. The number of rotatable bonds is 8. The van der Waals surface area contributed by atoms with Crippen LogP contribution in [0.1, 0.15) is 44.3 Å². The number of likely N-dealkylation sites (tertiary alicyclic amines) is 1. The summed E-state index contributed by atoms with van der Waals surface area (Å²) in [6, 6.07) is 6.42. The Morgan fingerprint density at radius 2 is 2.03 bits per heavy atom. The first-order valence-electron chi connectivity index (χ1n) is 10.7. The van der Waals surface area contributed by atoms with Crippen LogP contribution in [0.3, 0.4) is 0 Å². The van der Waals surface area contributed by atoms with Gasteiger partial charge in [-0.05, 0) is 50.3 Å². The first kappa shape index (κ1) is 22.0. The number of guanidine groups is 1. The van der Waals surface area contributed by atoms with Crippen LogP contribution in [0.15, 0.2) is 29.3 Å². The number of methoxy groups -OCH3 is 1. The zero-order valence-corrected chi connectivity index (χ0v) is 17.6. The molecule has 2 aliphatic rings. The average molecular weight is 408 g/mol. The molecular weight excluding hydrogens is 373 g/mol. The smallest absolute Gasteiger partial charge is 0.194 e. The van der Waals surface area contributed by atoms with Gasteiger partial charge in [0.25, 0.3) is 0 Å². The minimum atomic E-state index is -0.245. The third-order valence-electron chi connectivity index (χ3n) is 5.55. The topological polar surface area (TPSA) is 55.3 Å². The van der Waals surface area contributed by atoms with Crippen molar-refractivity contribution in [3.05, 3.63) is 35.6 Å². The van der Waals surface area contributed by atoms with Crippen molar-refractivity contribution in [3.8, 4) is 0 Å². The lowest BCUT2D eigenvalue weighted by Gasteiger charge is -2.34. The molecule has 29 heavy (non-hydrogen) atoms. The molecule has 0 amide bonds. The Hall–Kier alpha value is -1.70. The van der Waals surface area contributed by atoms with Crippen molar-refractivity contribution in [3.63, 3.8) is 0 Å². The molecular formula is C22H34FN3O3. The molecule has 7 heteroatoms. The summed E-state index contributed by atoms with van der Waals surface area (Å²) >= 11 is 0. The summed E-state index contributed by atoms with van der Waals surface area (Å²) in [5.41, 5.74) is 0.926. The molecule has 2 unspecified atom stereocenters. The van der Waals surface area contributed by atoms with Gasteiger partial charge in [0, 0.05) is 33.4 Å². The van der Waals surface area contributed by atoms with Crippen LogP contribution in [-0.2, 0) is 14.2 Å². The number of aliphatic imine (C=N–C) groups is 1. The van der Waals surface area contributed by atoms with Gasteiger partial charge in [-0.1, -0.05) is 12.1 Å². The molecule has 0 aromatic heterocycles. The van der Waals surface area contributed by atoms with Crippen LogP contribution in [0.25, 0.3) is 0 Å². The second-order valence-corrected chi connectivity index (χ2v) is 7.63. The third-order valence-corrected chi connectivity index (χ3v) is 5.55. The van der Waals surface area contributed by atoms with E-state index in [-0.39, 0.29) is 18.0 Å². The fraction of sp³-hybridized carbons (Fsp3) is 0.682. The largest absolute Gasteiger partial charge is 0.376 e. The highest BCUT2D eigenvalue weighted by molar-refractivity contribution is 5.80. The van der Waals surface area contributed by atoms with E-state index < -0.39 is 0 Å². The zero-order chi connectivity index (χ0) is 20.5. The first-order valence-corrected chi connectivity index (χ1v) is 10.7. The van der Waals surface area contributed by atoms with Gasteiger partial charge in [0.05, 0.1) is 25.4 Å². The van der Waals surface area contributed by atoms with Gasteiger partial charge in [0.2, 0.25) is 0 Å². The van der Waals surface area contributed by atoms with E-state index in [9.17, 15) is 4.39 Å². The maximum atomic E-state index is 13.2. The molecule has 0 radical (unpaired) electrons. The lowest BCUT2D eigenvalue weighted by molar-refractivity contribution is -0.0367. The molecule has 0 aliphatic carbocycles. The monoisotopic (exact) mass is 407 g/mol. The molecule has 2 saturated heterocycles. The Morgan fingerprint density at radius 1 is 1.28 bits per heavy atom. The number of hydrogen-bond acceptors (Lipinski definition) is 4. The summed E-state index contributed by atoms with van der Waals surface area (Å²) in [4.78, 5) is 7.08. The Bertz CT molecular complexity index is 627. The Labute approximate surface area is 173 Å². The Kier molecular flexibility index (Phi) is 8.70. The van der Waals surface area contributed by atoms with E-state index in [2.05, 4.69) is 17.1 Å². The van der Waals surface area contributed by atoms with Crippen LogP contribution in [0, 0.1) is 5.82 Å². The molecule has 0 spiro atoms. The van der Waals surface area contributed by atoms with Crippen LogP contribution in [-0.4, -0.2) is 69.6 Å². The second kappa shape index (κ2) is 11.5. The summed E-state index contributed by atoms with van der Waals surface area (Å²) in [6.45, 7) is 6.77. The highest BCUT2D eigenvalue weighted by Gasteiger charge is 2.24. The van der Waals surface area contributed by atoms with Gasteiger partial charge in [-0.15, -0.1) is 0 Å². The molecule has 2 fully saturated rings. The molecule has 0 saturated carbocycles. The van der Waals surface area contributed by atoms with Gasteiger partial charge in [0.1, 0.15) is 11.9 Å². The van der Waals surface area contributed by atoms with E-state index in [4.69, 9.17) is 19.2 Å². The summed E-state index contributed by atoms with van der Waals surface area (Å²) in [7, 11) is 1.66. The predicted molar refractivity (Wildman–Crippen MR) is 112 cm³/mol. The Morgan fingerprint density at radius 3 is 2.66 bits per heavy atom. The van der Waals surface area contributed by atoms with Crippen molar-refractivity contribution < 1.29 is 18.6 Å². The zero-order valence-electron chi connectivity index (χ0n) is 17.6. The fourth-order valence-electron chi connectivity index (χ4n) is 3.84. The van der Waals surface area contributed by atoms with E-state index in [0.29, 0.717) is 19.3 Å². The van der Waals surface area contributed by atoms with Gasteiger partial charge >= 0.3 is 0 Å². The van der Waals surface area contributed by atoms with Gasteiger partial charge in [-0.2, -0.15) is 0 Å². The van der Waals surface area contributed by atoms with Gasteiger partial charge in [0.15, 0.2) is 5.96 Å². The molecule has 1 aromatic carbocycles. The van der Waals surface area contributed by atoms with E-state index >= 15 is 0 Å². The van der Waals surface area contributed by atoms with Gasteiger partial charge in [-0.3, -0.25) is 4.99 Å². The summed E-state index contributed by atoms with van der Waals surface area (Å²) in [5.74, 6) is 0.652. The van der Waals surface area contributed by atoms with Crippen LogP contribution < -0.4 is 5.32 Å². The first-order chi connectivity index (χ1) is 14.2. The van der Waals surface area contributed by atoms with Gasteiger partial charge < -0.3 is 24.4 Å². The minimum Gasteiger partial charge on any atom is -0.376 e. The van der Waals surface area contributed by atoms with E-state index in [1.54, 1.807) is 19.2 Å². The number of nitrogens with one attached hydrogen (secondary N) is 1. The van der Waals surface area contributed by atoms with E-state index in [0.717, 1.165) is 63.4 Å². The number of piperidine rings is 1. The normalized spacial score (nSPS) is 22.1. The van der Waals surface area contributed by atoms with Gasteiger partial charge in [-0.25, -0.2) is 4.39 Å². The number of hydrogen-bond donors (Lipinski definition) is 1. The standard InChI is InChI=1S/C22H34FN3O3/c1-3-24-22(25-15-21(27-2)17-6-8-18(23)9-7-17)26-12-10-19(11-13-26)29-16-20-5-4-14-28-20/h6-9,19-21H,3-5,10-16H2,1-2H3,(H,24,25).